The Morgan fingerprint density at radius 3 is 1.74 bits per heavy atom. The molecule has 7 heteroatoms. The maximum absolute atomic E-state index is 14.6. The number of terminal acetylenes is 1. The highest BCUT2D eigenvalue weighted by Crippen LogP contribution is 2.50. The molecule has 0 saturated carbocycles. The monoisotopic (exact) mass is 749 g/mol. The van der Waals surface area contributed by atoms with Crippen molar-refractivity contribution in [1.82, 2.24) is 0 Å². The lowest BCUT2D eigenvalue weighted by Crippen LogP contribution is -2.34. The number of ketones is 1. The van der Waals surface area contributed by atoms with E-state index < -0.39 is 21.7 Å². The smallest absolute Gasteiger partial charge is 0.193 e. The largest absolute Gasteiger partial charge is 0.500 e. The number of carbonyl (C=O) groups is 1. The van der Waals surface area contributed by atoms with Crippen LogP contribution in [0.15, 0.2) is 80.5 Å². The van der Waals surface area contributed by atoms with E-state index in [4.69, 9.17) is 35.1 Å². The molecule has 0 saturated heterocycles. The van der Waals surface area contributed by atoms with E-state index in [2.05, 4.69) is 60.5 Å². The van der Waals surface area contributed by atoms with Crippen LogP contribution in [0.25, 0.3) is 0 Å². The van der Waals surface area contributed by atoms with Gasteiger partial charge in [-0.15, -0.1) is 6.42 Å². The summed E-state index contributed by atoms with van der Waals surface area (Å²) in [6, 6.07) is 0. The molecular formula is C47H72O7. The Bertz CT molecular complexity index is 1560. The fourth-order valence-corrected chi connectivity index (χ4v) is 7.29. The molecule has 1 unspecified atom stereocenters. The molecule has 0 radical (unpaired) electrons. The van der Waals surface area contributed by atoms with E-state index in [9.17, 15) is 4.79 Å². The second-order valence-corrected chi connectivity index (χ2v) is 18.4. The Morgan fingerprint density at radius 2 is 1.31 bits per heavy atom. The predicted molar refractivity (Wildman–Crippen MR) is 221 cm³/mol. The first-order valence-electron chi connectivity index (χ1n) is 19.6. The van der Waals surface area contributed by atoms with Crippen molar-refractivity contribution in [2.24, 2.45) is 27.6 Å². The summed E-state index contributed by atoms with van der Waals surface area (Å²) in [6.07, 6.45) is 19.7. The van der Waals surface area contributed by atoms with Crippen LogP contribution in [0.1, 0.15) is 135 Å². The highest BCUT2D eigenvalue weighted by atomic mass is 17.2. The van der Waals surface area contributed by atoms with E-state index in [0.717, 1.165) is 29.7 Å². The van der Waals surface area contributed by atoms with Gasteiger partial charge in [-0.05, 0) is 39.7 Å². The van der Waals surface area contributed by atoms with Crippen LogP contribution in [0.4, 0.5) is 0 Å². The van der Waals surface area contributed by atoms with E-state index >= 15 is 0 Å². The zero-order valence-electron chi connectivity index (χ0n) is 36.9. The molecule has 0 spiro atoms. The van der Waals surface area contributed by atoms with Crippen LogP contribution in [0.2, 0.25) is 0 Å². The first-order chi connectivity index (χ1) is 25.1. The first-order valence-corrected chi connectivity index (χ1v) is 19.6. The summed E-state index contributed by atoms with van der Waals surface area (Å²) in [5.41, 5.74) is 2.13. The third-order valence-electron chi connectivity index (χ3n) is 9.75. The average Bonchev–Trinajstić information content (AvgIpc) is 3.51. The number of unbranched alkanes of at least 4 members (excludes halogenated alkanes) is 5. The normalized spacial score (nSPS) is 17.9. The summed E-state index contributed by atoms with van der Waals surface area (Å²) in [5, 5.41) is 0. The van der Waals surface area contributed by atoms with Gasteiger partial charge >= 0.3 is 0 Å². The van der Waals surface area contributed by atoms with Crippen molar-refractivity contribution >= 4 is 5.78 Å². The zero-order chi connectivity index (χ0) is 41.2. The van der Waals surface area contributed by atoms with Gasteiger partial charge in [0.15, 0.2) is 11.5 Å². The van der Waals surface area contributed by atoms with Gasteiger partial charge in [-0.3, -0.25) is 4.79 Å². The second-order valence-electron chi connectivity index (χ2n) is 18.4. The van der Waals surface area contributed by atoms with Gasteiger partial charge in [0.1, 0.15) is 23.0 Å². The molecule has 0 aliphatic heterocycles. The van der Waals surface area contributed by atoms with Crippen LogP contribution in [-0.2, 0) is 33.5 Å². The lowest BCUT2D eigenvalue weighted by Gasteiger charge is -2.37. The van der Waals surface area contributed by atoms with Gasteiger partial charge in [0.2, 0.25) is 0 Å². The van der Waals surface area contributed by atoms with Gasteiger partial charge < -0.3 is 23.8 Å². The molecule has 7 nitrogen and oxygen atoms in total. The van der Waals surface area contributed by atoms with Crippen molar-refractivity contribution in [2.45, 2.75) is 135 Å². The first kappa shape index (κ1) is 46.5. The minimum absolute atomic E-state index is 0.0794. The molecule has 302 valence electrons. The Morgan fingerprint density at radius 1 is 0.778 bits per heavy atom. The topological polar surface area (TPSA) is 72.5 Å². The summed E-state index contributed by atoms with van der Waals surface area (Å²) in [4.78, 5) is 26.0. The van der Waals surface area contributed by atoms with Crippen LogP contribution >= 0.6 is 0 Å². The van der Waals surface area contributed by atoms with Crippen LogP contribution in [0, 0.1) is 39.9 Å². The number of rotatable bonds is 17. The Hall–Kier alpha value is -3.63. The molecule has 2 rings (SSSR count). The van der Waals surface area contributed by atoms with E-state index in [-0.39, 0.29) is 18.1 Å². The number of methoxy groups -OCH3 is 3. The summed E-state index contributed by atoms with van der Waals surface area (Å²) < 4.78 is 25.7. The number of hydrogen-bond donors (Lipinski definition) is 0. The minimum atomic E-state index is -0.555. The highest BCUT2D eigenvalue weighted by Gasteiger charge is 2.45. The van der Waals surface area contributed by atoms with E-state index in [1.165, 1.54) is 32.8 Å². The van der Waals surface area contributed by atoms with Crippen molar-refractivity contribution in [3.05, 3.63) is 80.5 Å². The standard InChI is InChI=1S/C47H72O7/c1-19-21-22-23-24-25-29-53-34-28-26-27-31(34)32(30-35(49-15)37(45(6,7)8)41(54-52-18)33(20-2)44(3,4)5)36-42(50-16)38(46(9,10)11)40(48)39(43(36)51-17)47(12,13)14/h2,26-28,31H,19,21-25,29-30H2,1,3-18H3/b37-35-,41-33-. The number of ether oxygens (including phenoxy) is 4. The lowest BCUT2D eigenvalue weighted by molar-refractivity contribution is -0.236. The van der Waals surface area contributed by atoms with Crippen LogP contribution < -0.4 is 0 Å². The van der Waals surface area contributed by atoms with Crippen LogP contribution in [-0.4, -0.2) is 40.8 Å². The number of hydrogen-bond acceptors (Lipinski definition) is 7. The third kappa shape index (κ3) is 11.2. The van der Waals surface area contributed by atoms with Crippen LogP contribution in [0.3, 0.4) is 0 Å². The number of carbonyl (C=O) groups excluding carboxylic acids is 1. The Kier molecular flexibility index (Phi) is 16.6. The summed E-state index contributed by atoms with van der Waals surface area (Å²) in [6.45, 7) is 27.6. The maximum atomic E-state index is 14.6. The van der Waals surface area contributed by atoms with E-state index in [1.54, 1.807) is 21.3 Å². The van der Waals surface area contributed by atoms with Crippen LogP contribution in [0.5, 0.6) is 0 Å². The molecule has 2 aliphatic rings. The SMILES string of the molecule is C#C/C(=C(OOC)\C(=C(/CC(=C1C(OC)=C(C(C)(C)C)C(=O)C(C(C)(C)C)=C1OC)C1C=CC=C1OCCCCCCCC)OC)C(C)(C)C)C(C)(C)C. The molecule has 0 aromatic carbocycles. The maximum Gasteiger partial charge on any atom is 0.193 e. The van der Waals surface area contributed by atoms with Crippen molar-refractivity contribution < 1.29 is 33.5 Å². The Labute approximate surface area is 328 Å². The number of allylic oxidation sites excluding steroid dienone is 8. The number of Topliss-reactive ketones (excluding diaryl/α,β-unsaturated/α-hetero) is 1. The lowest BCUT2D eigenvalue weighted by atomic mass is 9.69. The molecular weight excluding hydrogens is 677 g/mol. The van der Waals surface area contributed by atoms with Crippen molar-refractivity contribution in [3.8, 4) is 12.3 Å². The fourth-order valence-electron chi connectivity index (χ4n) is 7.29. The summed E-state index contributed by atoms with van der Waals surface area (Å²) in [7, 11) is 6.40. The third-order valence-corrected chi connectivity index (χ3v) is 9.75. The zero-order valence-corrected chi connectivity index (χ0v) is 36.9. The van der Waals surface area contributed by atoms with Gasteiger partial charge in [0, 0.05) is 23.1 Å². The van der Waals surface area contributed by atoms with Gasteiger partial charge in [-0.1, -0.05) is 140 Å². The fraction of sp³-hybridized carbons (Fsp3) is 0.638. The van der Waals surface area contributed by atoms with Gasteiger partial charge in [0.25, 0.3) is 0 Å². The summed E-state index contributed by atoms with van der Waals surface area (Å²) >= 11 is 0. The molecule has 1 atom stereocenters. The van der Waals surface area contributed by atoms with E-state index in [0.29, 0.717) is 51.9 Å². The molecule has 0 aromatic heterocycles. The van der Waals surface area contributed by atoms with Gasteiger partial charge in [-0.25, -0.2) is 0 Å². The molecule has 0 amide bonds. The predicted octanol–water partition coefficient (Wildman–Crippen LogP) is 12.1. The minimum Gasteiger partial charge on any atom is -0.500 e. The molecule has 54 heavy (non-hydrogen) atoms. The summed E-state index contributed by atoms with van der Waals surface area (Å²) in [5.74, 6) is 5.36. The Balaban J connectivity index is 3.21. The van der Waals surface area contributed by atoms with Gasteiger partial charge in [0.05, 0.1) is 52.1 Å². The molecule has 0 heterocycles. The second kappa shape index (κ2) is 19.3. The highest BCUT2D eigenvalue weighted by molar-refractivity contribution is 6.13. The van der Waals surface area contributed by atoms with Crippen molar-refractivity contribution in [3.63, 3.8) is 0 Å². The molecule has 2 aliphatic carbocycles. The quantitative estimate of drug-likeness (QED) is 0.0366. The van der Waals surface area contributed by atoms with E-state index in [1.807, 2.05) is 53.7 Å². The van der Waals surface area contributed by atoms with Gasteiger partial charge in [-0.2, -0.15) is 4.89 Å². The van der Waals surface area contributed by atoms with Crippen molar-refractivity contribution in [2.75, 3.05) is 35.0 Å². The molecule has 0 aromatic rings. The molecule has 0 N–H and O–H groups in total. The molecule has 0 fully saturated rings. The molecule has 0 bridgehead atoms. The van der Waals surface area contributed by atoms with Crippen molar-refractivity contribution in [1.29, 1.82) is 0 Å². The average molecular weight is 749 g/mol.